The topological polar surface area (TPSA) is 48.9 Å². The summed E-state index contributed by atoms with van der Waals surface area (Å²) in [6.45, 7) is 8.24. The zero-order valence-electron chi connectivity index (χ0n) is 17.1. The largest absolute Gasteiger partial charge is 0.381 e. The molecule has 0 bridgehead atoms. The fourth-order valence-electron chi connectivity index (χ4n) is 4.02. The van der Waals surface area contributed by atoms with E-state index >= 15 is 0 Å². The lowest BCUT2D eigenvalue weighted by Crippen LogP contribution is -2.49. The number of thiophene rings is 1. The maximum Gasteiger partial charge on any atom is 0.191 e. The van der Waals surface area contributed by atoms with E-state index in [9.17, 15) is 0 Å². The van der Waals surface area contributed by atoms with Gasteiger partial charge in [-0.1, -0.05) is 13.0 Å². The molecule has 2 aliphatic rings. The number of ether oxygens (including phenoxy) is 1. The van der Waals surface area contributed by atoms with Gasteiger partial charge in [0.1, 0.15) is 0 Å². The lowest BCUT2D eigenvalue weighted by Gasteiger charge is -2.37. The molecule has 1 aromatic heterocycles. The van der Waals surface area contributed by atoms with Crippen LogP contribution in [0.2, 0.25) is 0 Å². The number of hydrogen-bond acceptors (Lipinski definition) is 5. The minimum absolute atomic E-state index is 0. The van der Waals surface area contributed by atoms with Gasteiger partial charge in [0.25, 0.3) is 0 Å². The Hall–Kier alpha value is -0.0300. The van der Waals surface area contributed by atoms with E-state index in [1.807, 2.05) is 18.4 Å². The van der Waals surface area contributed by atoms with Crippen LogP contribution in [0.3, 0.4) is 0 Å². The molecule has 0 spiro atoms. The van der Waals surface area contributed by atoms with Crippen molar-refractivity contribution in [3.8, 4) is 0 Å². The Morgan fingerprint density at radius 2 is 2.07 bits per heavy atom. The van der Waals surface area contributed by atoms with Crippen LogP contribution in [0.5, 0.6) is 0 Å². The first kappa shape index (κ1) is 24.2. The maximum absolute atomic E-state index is 5.59. The molecule has 0 aliphatic carbocycles. The van der Waals surface area contributed by atoms with Crippen molar-refractivity contribution < 1.29 is 4.74 Å². The number of halogens is 1. The fraction of sp³-hybridized carbons (Fsp3) is 0.750. The highest BCUT2D eigenvalue weighted by molar-refractivity contribution is 14.0. The van der Waals surface area contributed by atoms with Gasteiger partial charge in [-0.15, -0.1) is 35.3 Å². The first-order chi connectivity index (χ1) is 13.3. The van der Waals surface area contributed by atoms with E-state index in [4.69, 9.17) is 4.74 Å². The molecule has 0 saturated carbocycles. The van der Waals surface area contributed by atoms with Crippen LogP contribution < -0.4 is 10.6 Å². The number of hydrogen-bond donors (Lipinski definition) is 2. The number of likely N-dealkylation sites (tertiary alicyclic amines) is 1. The summed E-state index contributed by atoms with van der Waals surface area (Å²) in [6.07, 6.45) is 4.85. The highest BCUT2D eigenvalue weighted by Gasteiger charge is 2.33. The second-order valence-corrected chi connectivity index (χ2v) is 10.0. The summed E-state index contributed by atoms with van der Waals surface area (Å²) in [7, 11) is 1.87. The average molecular weight is 539 g/mol. The fourth-order valence-corrected chi connectivity index (χ4v) is 6.13. The van der Waals surface area contributed by atoms with Crippen molar-refractivity contribution in [3.05, 3.63) is 22.4 Å². The molecule has 1 unspecified atom stereocenters. The van der Waals surface area contributed by atoms with E-state index in [-0.39, 0.29) is 28.7 Å². The summed E-state index contributed by atoms with van der Waals surface area (Å²) in [4.78, 5) is 8.54. The van der Waals surface area contributed by atoms with Crippen molar-refractivity contribution in [3.63, 3.8) is 0 Å². The molecule has 160 valence electrons. The Morgan fingerprint density at radius 1 is 1.32 bits per heavy atom. The van der Waals surface area contributed by atoms with E-state index in [2.05, 4.69) is 56.7 Å². The lowest BCUT2D eigenvalue weighted by atomic mass is 9.99. The first-order valence-corrected chi connectivity index (χ1v) is 12.1. The van der Waals surface area contributed by atoms with Crippen LogP contribution in [-0.2, 0) is 4.74 Å². The maximum atomic E-state index is 5.59. The standard InChI is InChI=1S/C20H34N4OS2.HI/c1-3-27-20(8-12-25-13-9-20)16-23-19(21-2)22-15-17(18-7-6-14-26-18)24-10-4-5-11-24;/h6-7,14,17H,3-5,8-13,15-16H2,1-2H3,(H2,21,22,23);1H. The molecule has 2 N–H and O–H groups in total. The van der Waals surface area contributed by atoms with Crippen molar-refractivity contribution >= 4 is 53.0 Å². The molecular formula is C20H35IN4OS2. The molecule has 28 heavy (non-hydrogen) atoms. The van der Waals surface area contributed by atoms with Gasteiger partial charge in [0.15, 0.2) is 5.96 Å². The monoisotopic (exact) mass is 538 g/mol. The molecule has 2 aliphatic heterocycles. The third kappa shape index (κ3) is 6.75. The summed E-state index contributed by atoms with van der Waals surface area (Å²) in [5.74, 6) is 2.06. The van der Waals surface area contributed by atoms with Crippen LogP contribution in [0.15, 0.2) is 22.5 Å². The van der Waals surface area contributed by atoms with Gasteiger partial charge < -0.3 is 15.4 Å². The van der Waals surface area contributed by atoms with Crippen molar-refractivity contribution in [2.24, 2.45) is 4.99 Å². The first-order valence-electron chi connectivity index (χ1n) is 10.2. The number of nitrogens with zero attached hydrogens (tertiary/aromatic N) is 2. The van der Waals surface area contributed by atoms with Gasteiger partial charge in [0.2, 0.25) is 0 Å². The Kier molecular flexibility index (Phi) is 10.9. The van der Waals surface area contributed by atoms with Gasteiger partial charge in [0.05, 0.1) is 6.04 Å². The number of nitrogens with one attached hydrogen (secondary N) is 2. The normalized spacial score (nSPS) is 21.1. The Labute approximate surface area is 195 Å². The molecule has 0 radical (unpaired) electrons. The minimum atomic E-state index is 0. The molecule has 1 aromatic rings. The van der Waals surface area contributed by atoms with Gasteiger partial charge in [-0.25, -0.2) is 0 Å². The molecule has 5 nitrogen and oxygen atoms in total. The van der Waals surface area contributed by atoms with Crippen molar-refractivity contribution in [1.29, 1.82) is 0 Å². The van der Waals surface area contributed by atoms with Crippen molar-refractivity contribution in [2.45, 2.75) is 43.4 Å². The van der Waals surface area contributed by atoms with E-state index in [1.54, 1.807) is 0 Å². The molecular weight excluding hydrogens is 503 g/mol. The molecule has 1 atom stereocenters. The molecule has 2 saturated heterocycles. The predicted molar refractivity (Wildman–Crippen MR) is 134 cm³/mol. The summed E-state index contributed by atoms with van der Waals surface area (Å²) >= 11 is 3.92. The molecule has 0 amide bonds. The number of thioether (sulfide) groups is 1. The number of guanidine groups is 1. The molecule has 2 fully saturated rings. The Bertz CT molecular complexity index is 567. The van der Waals surface area contributed by atoms with Gasteiger partial charge in [-0.2, -0.15) is 11.8 Å². The van der Waals surface area contributed by atoms with Gasteiger partial charge in [-0.05, 0) is 56.0 Å². The second-order valence-electron chi connectivity index (χ2n) is 7.31. The van der Waals surface area contributed by atoms with Crippen LogP contribution in [-0.4, -0.2) is 67.8 Å². The zero-order chi connectivity index (χ0) is 19.0. The summed E-state index contributed by atoms with van der Waals surface area (Å²) < 4.78 is 5.86. The summed E-state index contributed by atoms with van der Waals surface area (Å²) in [5, 5.41) is 9.38. The number of rotatable bonds is 8. The van der Waals surface area contributed by atoms with Crippen LogP contribution in [0.25, 0.3) is 0 Å². The SMILES string of the molecule is CCSC1(CNC(=NC)NCC(c2cccs2)N2CCCC2)CCOCC1.I. The average Bonchev–Trinajstić information content (AvgIpc) is 3.40. The minimum Gasteiger partial charge on any atom is -0.381 e. The summed E-state index contributed by atoms with van der Waals surface area (Å²) in [5.41, 5.74) is 0. The zero-order valence-corrected chi connectivity index (χ0v) is 21.1. The molecule has 3 rings (SSSR count). The van der Waals surface area contributed by atoms with E-state index in [0.29, 0.717) is 6.04 Å². The predicted octanol–water partition coefficient (Wildman–Crippen LogP) is 3.97. The molecule has 3 heterocycles. The second kappa shape index (κ2) is 12.6. The van der Waals surface area contributed by atoms with Gasteiger partial charge >= 0.3 is 0 Å². The Balaban J connectivity index is 0.00000280. The quantitative estimate of drug-likeness (QED) is 0.298. The third-order valence-corrected chi connectivity index (χ3v) is 8.00. The smallest absolute Gasteiger partial charge is 0.191 e. The lowest BCUT2D eigenvalue weighted by molar-refractivity contribution is 0.0782. The van der Waals surface area contributed by atoms with Crippen LogP contribution >= 0.6 is 47.1 Å². The van der Waals surface area contributed by atoms with Crippen LogP contribution in [0.4, 0.5) is 0 Å². The highest BCUT2D eigenvalue weighted by atomic mass is 127. The third-order valence-electron chi connectivity index (χ3n) is 5.57. The number of aliphatic imine (C=N–C) groups is 1. The van der Waals surface area contributed by atoms with Crippen LogP contribution in [0, 0.1) is 0 Å². The molecule has 8 heteroatoms. The summed E-state index contributed by atoms with van der Waals surface area (Å²) in [6, 6.07) is 4.86. The van der Waals surface area contributed by atoms with E-state index in [1.165, 1.54) is 30.8 Å². The van der Waals surface area contributed by atoms with Crippen molar-refractivity contribution in [2.75, 3.05) is 52.2 Å². The van der Waals surface area contributed by atoms with Gasteiger partial charge in [0, 0.05) is 43.0 Å². The Morgan fingerprint density at radius 3 is 2.68 bits per heavy atom. The van der Waals surface area contributed by atoms with E-state index < -0.39 is 0 Å². The molecule has 0 aromatic carbocycles. The van der Waals surface area contributed by atoms with Crippen LogP contribution in [0.1, 0.15) is 43.5 Å². The van der Waals surface area contributed by atoms with Crippen molar-refractivity contribution in [1.82, 2.24) is 15.5 Å². The highest BCUT2D eigenvalue weighted by Crippen LogP contribution is 2.34. The van der Waals surface area contributed by atoms with E-state index in [0.717, 1.165) is 50.9 Å². The van der Waals surface area contributed by atoms with Gasteiger partial charge in [-0.3, -0.25) is 9.89 Å².